The number of ether oxygens (including phenoxy) is 1. The van der Waals surface area contributed by atoms with E-state index in [0.717, 1.165) is 175 Å². The van der Waals surface area contributed by atoms with Crippen molar-refractivity contribution in [3.63, 3.8) is 0 Å². The van der Waals surface area contributed by atoms with Crippen LogP contribution in [0.3, 0.4) is 0 Å². The van der Waals surface area contributed by atoms with E-state index in [0.29, 0.717) is 25.2 Å². The molecule has 10 heterocycles. The Morgan fingerprint density at radius 3 is 1.18 bits per heavy atom. The molecule has 6 saturated heterocycles. The number of anilines is 6. The number of hydrogen-bond donors (Lipinski definition) is 4. The van der Waals surface area contributed by atoms with E-state index in [-0.39, 0.29) is 63.4 Å². The number of piperazine rings is 1. The Labute approximate surface area is 548 Å². The highest BCUT2D eigenvalue weighted by Crippen LogP contribution is 2.33. The van der Waals surface area contributed by atoms with Crippen molar-refractivity contribution in [3.05, 3.63) is 59.1 Å². The van der Waals surface area contributed by atoms with E-state index in [2.05, 4.69) is 159 Å². The van der Waals surface area contributed by atoms with Gasteiger partial charge in [0.25, 0.3) is 0 Å². The summed E-state index contributed by atoms with van der Waals surface area (Å²) in [6.45, 7) is 46.0. The van der Waals surface area contributed by atoms with Gasteiger partial charge in [0.2, 0.25) is 41.5 Å². The fourth-order valence-electron chi connectivity index (χ4n) is 11.6. The number of morpholine rings is 1. The summed E-state index contributed by atoms with van der Waals surface area (Å²) in [7, 11) is 2.15. The highest BCUT2D eigenvalue weighted by Gasteiger charge is 2.34. The number of hydrogen-bond acceptors (Lipinski definition) is 20. The van der Waals surface area contributed by atoms with Gasteiger partial charge in [-0.25, -0.2) is 24.9 Å². The van der Waals surface area contributed by atoms with Crippen LogP contribution in [0, 0.1) is 5.92 Å². The van der Waals surface area contributed by atoms with Gasteiger partial charge in [0, 0.05) is 177 Å². The molecule has 0 spiro atoms. The first-order valence-corrected chi connectivity index (χ1v) is 33.6. The molecule has 4 aromatic rings. The molecule has 4 amide bonds. The maximum absolute atomic E-state index is 11.4. The molecule has 0 radical (unpaired) electrons. The number of nitrogens with zero attached hydrogens (tertiary/aromatic N) is 15. The SMILES string of the molecule is CC(=O)N1CC(Nc2cc(C(C)(C)C)nc(N3CCCCC3)n2)C1.CC(=O)N1CC(Nc2cc(C(C)(C)C)nc(N3CCN(C)CC3)n2)C1.CC(=O)N1CC(Nc2cc(C(C)(C)C)nc(N3CCOCC3)n2)C1.CC(=O)NC1CC(Cc2cc(C(C)(C)C)ncn2)C1. The number of likely N-dealkylation sites (N-methyl/N-ethyl adjacent to an activating group) is 1. The van der Waals surface area contributed by atoms with E-state index in [1.165, 1.54) is 19.3 Å². The van der Waals surface area contributed by atoms with Crippen molar-refractivity contribution >= 4 is 58.9 Å². The average Bonchev–Trinajstić information content (AvgIpc) is 0.907. The number of piperidine rings is 1. The first-order chi connectivity index (χ1) is 43.2. The zero-order valence-corrected chi connectivity index (χ0v) is 58.6. The van der Waals surface area contributed by atoms with Crippen LogP contribution in [-0.2, 0) is 52.0 Å². The number of likely N-dealkylation sites (tertiary alicyclic amines) is 3. The highest BCUT2D eigenvalue weighted by molar-refractivity contribution is 5.76. The average molecular weight is 1270 g/mol. The first-order valence-electron chi connectivity index (χ1n) is 33.6. The van der Waals surface area contributed by atoms with Gasteiger partial charge < -0.3 is 60.3 Å². The molecule has 4 aromatic heterocycles. The lowest BCUT2D eigenvalue weighted by molar-refractivity contribution is -0.133. The van der Waals surface area contributed by atoms with Gasteiger partial charge in [-0.3, -0.25) is 19.2 Å². The quantitative estimate of drug-likeness (QED) is 0.111. The summed E-state index contributed by atoms with van der Waals surface area (Å²) in [6, 6.07) is 9.43. The van der Waals surface area contributed by atoms with Crippen molar-refractivity contribution in [2.75, 3.05) is 143 Å². The predicted molar refractivity (Wildman–Crippen MR) is 365 cm³/mol. The second-order valence-corrected chi connectivity index (χ2v) is 30.4. The van der Waals surface area contributed by atoms with Crippen LogP contribution in [-0.4, -0.2) is 219 Å². The van der Waals surface area contributed by atoms with Gasteiger partial charge in [0.05, 0.1) is 48.4 Å². The first kappa shape index (κ1) is 70.8. The molecule has 7 aliphatic rings. The van der Waals surface area contributed by atoms with Crippen LogP contribution in [0.2, 0.25) is 0 Å². The van der Waals surface area contributed by atoms with E-state index in [4.69, 9.17) is 34.6 Å². The molecule has 6 aliphatic heterocycles. The van der Waals surface area contributed by atoms with Crippen molar-refractivity contribution in [3.8, 4) is 0 Å². The molecule has 7 fully saturated rings. The van der Waals surface area contributed by atoms with Crippen LogP contribution in [0.15, 0.2) is 30.6 Å². The topological polar surface area (TPSA) is 251 Å². The molecule has 11 rings (SSSR count). The maximum atomic E-state index is 11.4. The largest absolute Gasteiger partial charge is 0.378 e. The molecular weight excluding hydrogens is 1160 g/mol. The molecular formula is C68H109N19O5. The lowest BCUT2D eigenvalue weighted by atomic mass is 9.77. The summed E-state index contributed by atoms with van der Waals surface area (Å²) in [6.07, 6.45) is 8.50. The van der Waals surface area contributed by atoms with Gasteiger partial charge in [-0.15, -0.1) is 0 Å². The lowest BCUT2D eigenvalue weighted by Gasteiger charge is -2.39. The minimum absolute atomic E-state index is 0.0189. The lowest BCUT2D eigenvalue weighted by Crippen LogP contribution is -2.56. The van der Waals surface area contributed by atoms with Crippen molar-refractivity contribution < 1.29 is 23.9 Å². The third-order valence-electron chi connectivity index (χ3n) is 17.8. The zero-order valence-electron chi connectivity index (χ0n) is 58.6. The van der Waals surface area contributed by atoms with E-state index in [1.807, 2.05) is 20.8 Å². The van der Waals surface area contributed by atoms with Crippen LogP contribution in [0.5, 0.6) is 0 Å². The predicted octanol–water partition coefficient (Wildman–Crippen LogP) is 7.06. The molecule has 4 N–H and O–H groups in total. The van der Waals surface area contributed by atoms with Crippen LogP contribution >= 0.6 is 0 Å². The molecule has 1 aliphatic carbocycles. The Balaban J connectivity index is 0.000000159. The molecule has 0 aromatic carbocycles. The summed E-state index contributed by atoms with van der Waals surface area (Å²) in [5.41, 5.74) is 5.29. The smallest absolute Gasteiger partial charge is 0.227 e. The minimum Gasteiger partial charge on any atom is -0.378 e. The fourth-order valence-corrected chi connectivity index (χ4v) is 11.6. The molecule has 24 heteroatoms. The summed E-state index contributed by atoms with van der Waals surface area (Å²) in [5.74, 6) is 6.10. The van der Waals surface area contributed by atoms with Crippen molar-refractivity contribution in [1.29, 1.82) is 0 Å². The van der Waals surface area contributed by atoms with Gasteiger partial charge in [-0.05, 0) is 57.6 Å². The summed E-state index contributed by atoms with van der Waals surface area (Å²) in [5, 5.41) is 13.4. The van der Waals surface area contributed by atoms with Gasteiger partial charge in [-0.2, -0.15) is 15.0 Å². The van der Waals surface area contributed by atoms with Crippen LogP contribution in [0.1, 0.15) is 171 Å². The molecule has 0 bridgehead atoms. The van der Waals surface area contributed by atoms with Gasteiger partial charge >= 0.3 is 0 Å². The van der Waals surface area contributed by atoms with Gasteiger partial charge in [0.1, 0.15) is 23.8 Å². The third-order valence-corrected chi connectivity index (χ3v) is 17.8. The second kappa shape index (κ2) is 30.3. The monoisotopic (exact) mass is 1270 g/mol. The normalized spacial score (nSPS) is 20.1. The molecule has 92 heavy (non-hydrogen) atoms. The van der Waals surface area contributed by atoms with Crippen molar-refractivity contribution in [2.45, 2.75) is 195 Å². The maximum Gasteiger partial charge on any atom is 0.227 e. The number of carbonyl (C=O) groups is 4. The summed E-state index contributed by atoms with van der Waals surface area (Å²) in [4.78, 5) is 96.9. The molecule has 1 saturated carbocycles. The summed E-state index contributed by atoms with van der Waals surface area (Å²) < 4.78 is 5.42. The Kier molecular flexibility index (Phi) is 23.3. The molecule has 0 unspecified atom stereocenters. The Morgan fingerprint density at radius 1 is 0.457 bits per heavy atom. The number of amides is 4. The van der Waals surface area contributed by atoms with E-state index < -0.39 is 0 Å². The Bertz CT molecular complexity index is 3000. The molecule has 0 atom stereocenters. The molecule has 24 nitrogen and oxygen atoms in total. The van der Waals surface area contributed by atoms with E-state index in [9.17, 15) is 19.2 Å². The molecule has 506 valence electrons. The van der Waals surface area contributed by atoms with E-state index in [1.54, 1.807) is 34.0 Å². The summed E-state index contributed by atoms with van der Waals surface area (Å²) >= 11 is 0. The Hall–Kier alpha value is -7.08. The fraction of sp³-hybridized carbons (Fsp3) is 0.706. The number of nitrogens with one attached hydrogen (secondary N) is 4. The third kappa shape index (κ3) is 20.5. The van der Waals surface area contributed by atoms with E-state index >= 15 is 0 Å². The van der Waals surface area contributed by atoms with Crippen LogP contribution in [0.25, 0.3) is 0 Å². The zero-order chi connectivity index (χ0) is 66.9. The van der Waals surface area contributed by atoms with Crippen LogP contribution in [0.4, 0.5) is 35.3 Å². The van der Waals surface area contributed by atoms with Crippen molar-refractivity contribution in [1.82, 2.24) is 64.8 Å². The van der Waals surface area contributed by atoms with Crippen molar-refractivity contribution in [2.24, 2.45) is 5.92 Å². The second-order valence-electron chi connectivity index (χ2n) is 30.4. The minimum atomic E-state index is -0.0502. The van der Waals surface area contributed by atoms with Crippen LogP contribution < -0.4 is 36.0 Å². The highest BCUT2D eigenvalue weighted by atomic mass is 16.5. The van der Waals surface area contributed by atoms with Gasteiger partial charge in [0.15, 0.2) is 0 Å². The standard InChI is InChI=1S/C18H30N6O.C18H29N5O.C17H27N5O2.C15H23N3O/c1-13(25)24-11-14(12-24)19-16-10-15(18(2,3)4)20-17(21-16)23-8-6-22(5)7-9-23;1-13(24)23-11-14(12-23)19-16-10-15(18(2,3)4)20-17(21-16)22-8-6-5-7-9-22;1-12(23)22-10-13(11-22)18-15-9-14(17(2,3)4)19-16(20-15)21-5-7-24-8-6-21;1-10(19)18-13-6-11(7-13)5-12-8-14(15(2,3)4)17-9-16-12/h10,14H,6-9,11-12H2,1-5H3,(H,19,20,21);10,14H,5-9,11-12H2,1-4H3,(H,19,20,21);9,13H,5-8,10-11H2,1-4H3,(H,18,19,20);8-9,11,13H,5-7H2,1-4H3,(H,18,19). The van der Waals surface area contributed by atoms with Gasteiger partial charge in [-0.1, -0.05) is 83.1 Å². The Morgan fingerprint density at radius 2 is 0.826 bits per heavy atom. The number of rotatable bonds is 12. The number of carbonyl (C=O) groups excluding carboxylic acids is 4. The number of aromatic nitrogens is 8.